The molecule has 0 aliphatic carbocycles. The third-order valence-corrected chi connectivity index (χ3v) is 3.39. The fourth-order valence-electron chi connectivity index (χ4n) is 1.88. The fraction of sp³-hybridized carbons (Fsp3) is 0.412. The molecule has 1 N–H and O–H groups in total. The molecule has 110 valence electrons. The first-order chi connectivity index (χ1) is 10.0. The molecule has 1 unspecified atom stereocenters. The van der Waals surface area contributed by atoms with Crippen LogP contribution in [0, 0.1) is 30.1 Å². The van der Waals surface area contributed by atoms with Gasteiger partial charge >= 0.3 is 0 Å². The minimum atomic E-state index is -0.133. The van der Waals surface area contributed by atoms with Crippen LogP contribution in [0.4, 0.5) is 0 Å². The largest absolute Gasteiger partial charge is 0.395 e. The van der Waals surface area contributed by atoms with Crippen LogP contribution in [0.1, 0.15) is 41.3 Å². The Kier molecular flexibility index (Phi) is 6.46. The van der Waals surface area contributed by atoms with Crippen molar-refractivity contribution in [2.45, 2.75) is 32.7 Å². The predicted octanol–water partition coefficient (Wildman–Crippen LogP) is 2.10. The first kappa shape index (κ1) is 16.8. The first-order valence-electron chi connectivity index (χ1n) is 6.86. The SMILES string of the molecule is Cc1c(C#CCCO)cccc1C(=O)N(C)C(C)CC#N. The van der Waals surface area contributed by atoms with E-state index in [2.05, 4.69) is 17.9 Å². The molecule has 0 aliphatic heterocycles. The molecule has 1 aromatic rings. The maximum atomic E-state index is 12.5. The summed E-state index contributed by atoms with van der Waals surface area (Å²) in [6, 6.07) is 7.36. The van der Waals surface area contributed by atoms with Crippen molar-refractivity contribution in [3.05, 3.63) is 34.9 Å². The summed E-state index contributed by atoms with van der Waals surface area (Å²) in [6.45, 7) is 3.74. The van der Waals surface area contributed by atoms with E-state index in [-0.39, 0.29) is 18.6 Å². The number of hydrogen-bond donors (Lipinski definition) is 1. The van der Waals surface area contributed by atoms with Gasteiger partial charge in [0.05, 0.1) is 19.1 Å². The Morgan fingerprint density at radius 3 is 2.81 bits per heavy atom. The molecule has 0 radical (unpaired) electrons. The first-order valence-corrected chi connectivity index (χ1v) is 6.86. The highest BCUT2D eigenvalue weighted by molar-refractivity contribution is 5.96. The van der Waals surface area contributed by atoms with Crippen LogP contribution in [0.5, 0.6) is 0 Å². The predicted molar refractivity (Wildman–Crippen MR) is 81.5 cm³/mol. The molecule has 1 atom stereocenters. The maximum Gasteiger partial charge on any atom is 0.254 e. The number of aliphatic hydroxyl groups is 1. The van der Waals surface area contributed by atoms with E-state index < -0.39 is 0 Å². The van der Waals surface area contributed by atoms with Crippen molar-refractivity contribution in [1.82, 2.24) is 4.90 Å². The molecule has 0 spiro atoms. The lowest BCUT2D eigenvalue weighted by atomic mass is 10.0. The van der Waals surface area contributed by atoms with Gasteiger partial charge in [0.15, 0.2) is 0 Å². The average molecular weight is 284 g/mol. The van der Waals surface area contributed by atoms with E-state index in [1.165, 1.54) is 0 Å². The fourth-order valence-corrected chi connectivity index (χ4v) is 1.88. The van der Waals surface area contributed by atoms with Crippen LogP contribution in [0.15, 0.2) is 18.2 Å². The van der Waals surface area contributed by atoms with Crippen LogP contribution in [-0.2, 0) is 0 Å². The second-order valence-corrected chi connectivity index (χ2v) is 4.88. The van der Waals surface area contributed by atoms with E-state index in [0.717, 1.165) is 11.1 Å². The van der Waals surface area contributed by atoms with Crippen molar-refractivity contribution >= 4 is 5.91 Å². The quantitative estimate of drug-likeness (QED) is 0.861. The third kappa shape index (κ3) is 4.34. The van der Waals surface area contributed by atoms with Gasteiger partial charge in [0.2, 0.25) is 0 Å². The lowest BCUT2D eigenvalue weighted by molar-refractivity contribution is 0.0745. The summed E-state index contributed by atoms with van der Waals surface area (Å²) < 4.78 is 0. The lowest BCUT2D eigenvalue weighted by Crippen LogP contribution is -2.35. The maximum absolute atomic E-state index is 12.5. The number of rotatable bonds is 4. The summed E-state index contributed by atoms with van der Waals surface area (Å²) in [6.07, 6.45) is 0.716. The van der Waals surface area contributed by atoms with Crippen LogP contribution >= 0.6 is 0 Å². The number of amides is 1. The summed E-state index contributed by atoms with van der Waals surface area (Å²) in [5, 5.41) is 17.5. The van der Waals surface area contributed by atoms with Gasteiger partial charge in [0.25, 0.3) is 5.91 Å². The highest BCUT2D eigenvalue weighted by Gasteiger charge is 2.19. The number of carbonyl (C=O) groups is 1. The molecule has 0 fully saturated rings. The van der Waals surface area contributed by atoms with E-state index >= 15 is 0 Å². The summed E-state index contributed by atoms with van der Waals surface area (Å²) in [7, 11) is 1.70. The molecular formula is C17H20N2O2. The molecule has 1 aromatic carbocycles. The van der Waals surface area contributed by atoms with Gasteiger partial charge in [-0.2, -0.15) is 5.26 Å². The Hall–Kier alpha value is -2.30. The van der Waals surface area contributed by atoms with E-state index in [1.807, 2.05) is 19.9 Å². The molecule has 0 aliphatic rings. The Bertz CT molecular complexity index is 605. The highest BCUT2D eigenvalue weighted by atomic mass is 16.2. The molecule has 21 heavy (non-hydrogen) atoms. The Morgan fingerprint density at radius 2 is 2.19 bits per heavy atom. The molecule has 1 rings (SSSR count). The monoisotopic (exact) mass is 284 g/mol. The number of hydrogen-bond acceptors (Lipinski definition) is 3. The molecule has 0 saturated heterocycles. The van der Waals surface area contributed by atoms with Gasteiger partial charge in [-0.1, -0.05) is 17.9 Å². The lowest BCUT2D eigenvalue weighted by Gasteiger charge is -2.24. The third-order valence-electron chi connectivity index (χ3n) is 3.39. The Morgan fingerprint density at radius 1 is 1.48 bits per heavy atom. The zero-order chi connectivity index (χ0) is 15.8. The van der Waals surface area contributed by atoms with Crippen molar-refractivity contribution in [2.75, 3.05) is 13.7 Å². The van der Waals surface area contributed by atoms with E-state index in [9.17, 15) is 4.79 Å². The topological polar surface area (TPSA) is 64.3 Å². The summed E-state index contributed by atoms with van der Waals surface area (Å²) in [5.41, 5.74) is 2.21. The van der Waals surface area contributed by atoms with Gasteiger partial charge in [-0.3, -0.25) is 4.79 Å². The van der Waals surface area contributed by atoms with E-state index in [1.54, 1.807) is 24.1 Å². The van der Waals surface area contributed by atoms with Gasteiger partial charge in [-0.05, 0) is 31.5 Å². The second kappa shape index (κ2) is 8.09. The summed E-state index contributed by atoms with van der Waals surface area (Å²) >= 11 is 0. The summed E-state index contributed by atoms with van der Waals surface area (Å²) in [5.74, 6) is 5.72. The second-order valence-electron chi connectivity index (χ2n) is 4.88. The van der Waals surface area contributed by atoms with Crippen molar-refractivity contribution in [1.29, 1.82) is 5.26 Å². The number of aliphatic hydroxyl groups excluding tert-OH is 1. The Balaban J connectivity index is 3.04. The van der Waals surface area contributed by atoms with E-state index in [4.69, 9.17) is 10.4 Å². The molecule has 0 heterocycles. The summed E-state index contributed by atoms with van der Waals surface area (Å²) in [4.78, 5) is 14.1. The zero-order valence-corrected chi connectivity index (χ0v) is 12.7. The van der Waals surface area contributed by atoms with Crippen molar-refractivity contribution in [3.63, 3.8) is 0 Å². The number of nitrogens with zero attached hydrogens (tertiary/aromatic N) is 2. The average Bonchev–Trinajstić information content (AvgIpc) is 2.48. The van der Waals surface area contributed by atoms with Crippen molar-refractivity contribution < 1.29 is 9.90 Å². The van der Waals surface area contributed by atoms with Crippen LogP contribution in [0.25, 0.3) is 0 Å². The molecule has 4 nitrogen and oxygen atoms in total. The Labute approximate surface area is 126 Å². The minimum Gasteiger partial charge on any atom is -0.395 e. The van der Waals surface area contributed by atoms with Crippen LogP contribution in [0.3, 0.4) is 0 Å². The molecule has 0 aromatic heterocycles. The van der Waals surface area contributed by atoms with Crippen LogP contribution in [0.2, 0.25) is 0 Å². The molecule has 0 saturated carbocycles. The number of benzene rings is 1. The van der Waals surface area contributed by atoms with Crippen molar-refractivity contribution in [3.8, 4) is 17.9 Å². The minimum absolute atomic E-state index is 0.0269. The van der Waals surface area contributed by atoms with Crippen LogP contribution < -0.4 is 0 Å². The van der Waals surface area contributed by atoms with Gasteiger partial charge in [-0.15, -0.1) is 0 Å². The number of nitriles is 1. The molecule has 4 heteroatoms. The normalized spacial score (nSPS) is 11.0. The van der Waals surface area contributed by atoms with Crippen molar-refractivity contribution in [2.24, 2.45) is 0 Å². The van der Waals surface area contributed by atoms with Gasteiger partial charge in [0, 0.05) is 30.6 Å². The number of carbonyl (C=O) groups excluding carboxylic acids is 1. The zero-order valence-electron chi connectivity index (χ0n) is 12.7. The smallest absolute Gasteiger partial charge is 0.254 e. The molecule has 0 bridgehead atoms. The standard InChI is InChI=1S/C17H20N2O2/c1-13(10-11-18)19(3)17(21)16-9-6-8-15(14(16)2)7-4-5-12-20/h6,8-9,13,20H,5,10,12H2,1-3H3. The molecular weight excluding hydrogens is 264 g/mol. The van der Waals surface area contributed by atoms with Gasteiger partial charge in [0.1, 0.15) is 0 Å². The van der Waals surface area contributed by atoms with Gasteiger partial charge in [-0.25, -0.2) is 0 Å². The van der Waals surface area contributed by atoms with Gasteiger partial charge < -0.3 is 10.0 Å². The highest BCUT2D eigenvalue weighted by Crippen LogP contribution is 2.16. The van der Waals surface area contributed by atoms with Crippen LogP contribution in [-0.4, -0.2) is 35.6 Å². The van der Waals surface area contributed by atoms with E-state index in [0.29, 0.717) is 18.4 Å². The molecule has 1 amide bonds.